The first kappa shape index (κ1) is 13.0. The van der Waals surface area contributed by atoms with Crippen molar-refractivity contribution in [1.82, 2.24) is 0 Å². The molecule has 1 rings (SSSR count). The van der Waals surface area contributed by atoms with Crippen LogP contribution in [0.1, 0.15) is 19.4 Å². The highest BCUT2D eigenvalue weighted by Crippen LogP contribution is 2.25. The Morgan fingerprint density at radius 3 is 2.44 bits per heavy atom. The minimum Gasteiger partial charge on any atom is -0.495 e. The van der Waals surface area contributed by atoms with Gasteiger partial charge in [0, 0.05) is 0 Å². The van der Waals surface area contributed by atoms with Gasteiger partial charge in [-0.25, -0.2) is 0 Å². The van der Waals surface area contributed by atoms with Crippen LogP contribution >= 0.6 is 0 Å². The Bertz CT molecular complexity index is 463. The molecule has 90 valence electrons. The molecule has 0 amide bonds. The van der Waals surface area contributed by atoms with E-state index in [4.69, 9.17) is 9.29 Å². The third-order valence-electron chi connectivity index (χ3n) is 2.15. The van der Waals surface area contributed by atoms with Crippen LogP contribution < -0.4 is 4.74 Å². The van der Waals surface area contributed by atoms with Gasteiger partial charge in [-0.05, 0) is 30.0 Å². The summed E-state index contributed by atoms with van der Waals surface area (Å²) in [6.45, 7) is 4.08. The van der Waals surface area contributed by atoms with Gasteiger partial charge in [0.25, 0.3) is 10.1 Å². The lowest BCUT2D eigenvalue weighted by atomic mass is 10.0. The minimum atomic E-state index is -4.23. The normalized spacial score (nSPS) is 11.8. The van der Waals surface area contributed by atoms with Gasteiger partial charge in [-0.2, -0.15) is 8.42 Å². The molecule has 0 saturated heterocycles. The van der Waals surface area contributed by atoms with E-state index < -0.39 is 10.1 Å². The average molecular weight is 244 g/mol. The molecule has 4 nitrogen and oxygen atoms in total. The number of benzene rings is 1. The van der Waals surface area contributed by atoms with Crippen molar-refractivity contribution in [2.75, 3.05) is 7.11 Å². The lowest BCUT2D eigenvalue weighted by Gasteiger charge is -2.09. The number of methoxy groups -OCH3 is 1. The van der Waals surface area contributed by atoms with E-state index in [9.17, 15) is 8.42 Å². The van der Waals surface area contributed by atoms with Crippen molar-refractivity contribution in [3.05, 3.63) is 23.8 Å². The van der Waals surface area contributed by atoms with E-state index in [1.807, 2.05) is 13.8 Å². The summed E-state index contributed by atoms with van der Waals surface area (Å²) in [5, 5.41) is 0. The summed E-state index contributed by atoms with van der Waals surface area (Å²) in [6.07, 6.45) is 0.756. The molecule has 0 saturated carbocycles. The van der Waals surface area contributed by atoms with Crippen LogP contribution in [0.25, 0.3) is 0 Å². The van der Waals surface area contributed by atoms with Gasteiger partial charge in [0.05, 0.1) is 7.11 Å². The fourth-order valence-corrected chi connectivity index (χ4v) is 2.23. The molecule has 1 aromatic rings. The molecule has 0 aliphatic heterocycles. The minimum absolute atomic E-state index is 0.162. The molecule has 0 aromatic heterocycles. The second-order valence-corrected chi connectivity index (χ2v) is 5.45. The van der Waals surface area contributed by atoms with Crippen molar-refractivity contribution >= 4 is 10.1 Å². The Balaban J connectivity index is 3.22. The highest BCUT2D eigenvalue weighted by atomic mass is 32.2. The van der Waals surface area contributed by atoms with Crippen LogP contribution in [0.5, 0.6) is 5.75 Å². The predicted octanol–water partition coefficient (Wildman–Crippen LogP) is 2.14. The first-order chi connectivity index (χ1) is 7.34. The Kier molecular flexibility index (Phi) is 3.93. The summed E-state index contributed by atoms with van der Waals surface area (Å²) in [5.74, 6) is 0.581. The molecule has 0 aliphatic carbocycles. The van der Waals surface area contributed by atoms with Gasteiger partial charge >= 0.3 is 0 Å². The van der Waals surface area contributed by atoms with Crippen molar-refractivity contribution in [3.8, 4) is 5.75 Å². The SMILES string of the molecule is COc1ccc(CC(C)C)cc1S(=O)(=O)O. The van der Waals surface area contributed by atoms with E-state index in [2.05, 4.69) is 0 Å². The maximum Gasteiger partial charge on any atom is 0.298 e. The largest absolute Gasteiger partial charge is 0.495 e. The molecule has 5 heteroatoms. The summed E-state index contributed by atoms with van der Waals surface area (Å²) in [4.78, 5) is -0.173. The average Bonchev–Trinajstić information content (AvgIpc) is 2.15. The van der Waals surface area contributed by atoms with Crippen LogP contribution in [-0.4, -0.2) is 20.1 Å². The zero-order valence-electron chi connectivity index (χ0n) is 9.60. The van der Waals surface area contributed by atoms with E-state index in [-0.39, 0.29) is 10.6 Å². The Labute approximate surface area is 96.0 Å². The summed E-state index contributed by atoms with van der Waals surface area (Å²) in [6, 6.07) is 4.81. The van der Waals surface area contributed by atoms with Crippen LogP contribution in [-0.2, 0) is 16.5 Å². The maximum atomic E-state index is 11.1. The van der Waals surface area contributed by atoms with Gasteiger partial charge in [0.15, 0.2) is 0 Å². The third-order valence-corrected chi connectivity index (χ3v) is 3.02. The zero-order chi connectivity index (χ0) is 12.3. The van der Waals surface area contributed by atoms with E-state index in [0.29, 0.717) is 5.92 Å². The smallest absolute Gasteiger partial charge is 0.298 e. The first-order valence-electron chi connectivity index (χ1n) is 4.99. The van der Waals surface area contributed by atoms with Gasteiger partial charge in [0.2, 0.25) is 0 Å². The molecule has 1 N–H and O–H groups in total. The number of rotatable bonds is 4. The monoisotopic (exact) mass is 244 g/mol. The van der Waals surface area contributed by atoms with Crippen molar-refractivity contribution in [2.24, 2.45) is 5.92 Å². The number of ether oxygens (including phenoxy) is 1. The molecule has 1 aromatic carbocycles. The topological polar surface area (TPSA) is 63.6 Å². The van der Waals surface area contributed by atoms with Gasteiger partial charge < -0.3 is 4.74 Å². The predicted molar refractivity (Wildman–Crippen MR) is 61.4 cm³/mol. The van der Waals surface area contributed by atoms with E-state index in [1.54, 1.807) is 12.1 Å². The summed E-state index contributed by atoms with van der Waals surface area (Å²) in [5.41, 5.74) is 0.864. The van der Waals surface area contributed by atoms with Crippen LogP contribution in [0.15, 0.2) is 23.1 Å². The van der Waals surface area contributed by atoms with E-state index in [1.165, 1.54) is 13.2 Å². The standard InChI is InChI=1S/C11H16O4S/c1-8(2)6-9-4-5-10(15-3)11(7-9)16(12,13)14/h4-5,7-8H,6H2,1-3H3,(H,12,13,14). The molecular weight excluding hydrogens is 228 g/mol. The van der Waals surface area contributed by atoms with Gasteiger partial charge in [-0.3, -0.25) is 4.55 Å². The molecule has 0 spiro atoms. The lowest BCUT2D eigenvalue weighted by molar-refractivity contribution is 0.397. The molecule has 0 bridgehead atoms. The summed E-state index contributed by atoms with van der Waals surface area (Å²) >= 11 is 0. The third kappa shape index (κ3) is 3.21. The van der Waals surface area contributed by atoms with Crippen LogP contribution in [0.4, 0.5) is 0 Å². The van der Waals surface area contributed by atoms with Gasteiger partial charge in [-0.15, -0.1) is 0 Å². The Hall–Kier alpha value is -1.07. The van der Waals surface area contributed by atoms with E-state index in [0.717, 1.165) is 12.0 Å². The van der Waals surface area contributed by atoms with Crippen LogP contribution in [0.2, 0.25) is 0 Å². The molecule has 0 aliphatic rings. The second-order valence-electron chi connectivity index (χ2n) is 4.06. The summed E-state index contributed by atoms with van der Waals surface area (Å²) in [7, 11) is -2.86. The Morgan fingerprint density at radius 2 is 2.00 bits per heavy atom. The highest BCUT2D eigenvalue weighted by Gasteiger charge is 2.17. The fourth-order valence-electron chi connectivity index (χ4n) is 1.52. The second kappa shape index (κ2) is 4.84. The van der Waals surface area contributed by atoms with Gasteiger partial charge in [0.1, 0.15) is 10.6 Å². The summed E-state index contributed by atoms with van der Waals surface area (Å²) < 4.78 is 36.2. The van der Waals surface area contributed by atoms with Crippen molar-refractivity contribution in [2.45, 2.75) is 25.2 Å². The van der Waals surface area contributed by atoms with Crippen LogP contribution in [0.3, 0.4) is 0 Å². The molecule has 0 heterocycles. The number of hydrogen-bond acceptors (Lipinski definition) is 3. The molecule has 0 radical (unpaired) electrons. The molecule has 16 heavy (non-hydrogen) atoms. The Morgan fingerprint density at radius 1 is 1.38 bits per heavy atom. The van der Waals surface area contributed by atoms with Crippen LogP contribution in [0, 0.1) is 5.92 Å². The quantitative estimate of drug-likeness (QED) is 0.824. The fraction of sp³-hybridized carbons (Fsp3) is 0.455. The first-order valence-corrected chi connectivity index (χ1v) is 6.43. The maximum absolute atomic E-state index is 11.1. The molecular formula is C11H16O4S. The molecule has 0 unspecified atom stereocenters. The zero-order valence-corrected chi connectivity index (χ0v) is 10.4. The number of hydrogen-bond donors (Lipinski definition) is 1. The van der Waals surface area contributed by atoms with Crippen molar-refractivity contribution in [3.63, 3.8) is 0 Å². The lowest BCUT2D eigenvalue weighted by Crippen LogP contribution is -2.03. The van der Waals surface area contributed by atoms with Gasteiger partial charge in [-0.1, -0.05) is 19.9 Å². The molecule has 0 atom stereocenters. The van der Waals surface area contributed by atoms with Crippen molar-refractivity contribution in [1.29, 1.82) is 0 Å². The molecule has 0 fully saturated rings. The highest BCUT2D eigenvalue weighted by molar-refractivity contribution is 7.86. The van der Waals surface area contributed by atoms with E-state index >= 15 is 0 Å². The van der Waals surface area contributed by atoms with Crippen molar-refractivity contribution < 1.29 is 17.7 Å².